The second-order valence-electron chi connectivity index (χ2n) is 6.01. The highest BCUT2D eigenvalue weighted by Crippen LogP contribution is 2.32. The predicted octanol–water partition coefficient (Wildman–Crippen LogP) is 5.00. The zero-order chi connectivity index (χ0) is 17.4. The molecule has 0 aromatic heterocycles. The molecule has 2 rings (SSSR count). The SMILES string of the molecule is CCCc1ccc(C(=O)OC2CCCCC2SC(=O)OCC)cc1. The van der Waals surface area contributed by atoms with Gasteiger partial charge in [-0.05, 0) is 62.1 Å². The lowest BCUT2D eigenvalue weighted by atomic mass is 9.97. The number of carbonyl (C=O) groups is 2. The van der Waals surface area contributed by atoms with Gasteiger partial charge in [0.25, 0.3) is 0 Å². The standard InChI is InChI=1S/C19H26O4S/c1-3-7-14-10-12-15(13-11-14)18(20)23-16-8-5-6-9-17(16)24-19(21)22-4-2/h10-13,16-17H,3-9H2,1-2H3. The van der Waals surface area contributed by atoms with Crippen molar-refractivity contribution in [1.29, 1.82) is 0 Å². The first-order valence-electron chi connectivity index (χ1n) is 8.77. The van der Waals surface area contributed by atoms with Crippen LogP contribution in [0, 0.1) is 0 Å². The summed E-state index contributed by atoms with van der Waals surface area (Å²) in [6.45, 7) is 4.29. The first-order valence-corrected chi connectivity index (χ1v) is 9.65. The normalized spacial score (nSPS) is 20.4. The van der Waals surface area contributed by atoms with Gasteiger partial charge in [0.15, 0.2) is 0 Å². The van der Waals surface area contributed by atoms with Crippen LogP contribution in [0.3, 0.4) is 0 Å². The molecule has 5 heteroatoms. The number of thioether (sulfide) groups is 1. The van der Waals surface area contributed by atoms with Crippen LogP contribution in [-0.2, 0) is 15.9 Å². The van der Waals surface area contributed by atoms with Gasteiger partial charge in [0, 0.05) is 0 Å². The molecular formula is C19H26O4S. The topological polar surface area (TPSA) is 52.6 Å². The van der Waals surface area contributed by atoms with E-state index in [4.69, 9.17) is 9.47 Å². The third-order valence-corrected chi connectivity index (χ3v) is 5.29. The molecule has 0 bridgehead atoms. The Morgan fingerprint density at radius 3 is 2.50 bits per heavy atom. The van der Waals surface area contributed by atoms with Gasteiger partial charge < -0.3 is 9.47 Å². The van der Waals surface area contributed by atoms with Crippen molar-refractivity contribution in [2.24, 2.45) is 0 Å². The van der Waals surface area contributed by atoms with Crippen LogP contribution in [0.15, 0.2) is 24.3 Å². The van der Waals surface area contributed by atoms with Crippen LogP contribution in [0.5, 0.6) is 0 Å². The molecule has 24 heavy (non-hydrogen) atoms. The number of rotatable bonds is 6. The van der Waals surface area contributed by atoms with Crippen molar-refractivity contribution in [2.45, 2.75) is 63.7 Å². The summed E-state index contributed by atoms with van der Waals surface area (Å²) in [7, 11) is 0. The quantitative estimate of drug-likeness (QED) is 0.676. The van der Waals surface area contributed by atoms with Gasteiger partial charge in [-0.2, -0.15) is 0 Å². The van der Waals surface area contributed by atoms with Gasteiger partial charge >= 0.3 is 11.3 Å². The van der Waals surface area contributed by atoms with Crippen molar-refractivity contribution < 1.29 is 19.1 Å². The third-order valence-electron chi connectivity index (χ3n) is 4.14. The summed E-state index contributed by atoms with van der Waals surface area (Å²) in [5.41, 5.74) is 1.79. The summed E-state index contributed by atoms with van der Waals surface area (Å²) in [6, 6.07) is 7.60. The largest absolute Gasteiger partial charge is 0.458 e. The Kier molecular flexibility index (Phi) is 7.63. The van der Waals surface area contributed by atoms with E-state index >= 15 is 0 Å². The van der Waals surface area contributed by atoms with E-state index in [2.05, 4.69) is 6.92 Å². The maximum absolute atomic E-state index is 12.4. The minimum absolute atomic E-state index is 0.0129. The predicted molar refractivity (Wildman–Crippen MR) is 96.5 cm³/mol. The number of ether oxygens (including phenoxy) is 2. The van der Waals surface area contributed by atoms with Crippen LogP contribution in [-0.4, -0.2) is 29.2 Å². The second kappa shape index (κ2) is 9.72. The van der Waals surface area contributed by atoms with Gasteiger partial charge in [-0.3, -0.25) is 0 Å². The summed E-state index contributed by atoms with van der Waals surface area (Å²) in [6.07, 6.45) is 5.61. The molecule has 1 aliphatic rings. The van der Waals surface area contributed by atoms with Crippen LogP contribution in [0.25, 0.3) is 0 Å². The Balaban J connectivity index is 1.95. The summed E-state index contributed by atoms with van der Waals surface area (Å²) in [5.74, 6) is -0.306. The molecule has 4 nitrogen and oxygen atoms in total. The second-order valence-corrected chi connectivity index (χ2v) is 7.19. The molecule has 1 aromatic carbocycles. The van der Waals surface area contributed by atoms with E-state index in [9.17, 15) is 9.59 Å². The number of aryl methyl sites for hydroxylation is 1. The maximum atomic E-state index is 12.4. The highest BCUT2D eigenvalue weighted by molar-refractivity contribution is 8.13. The zero-order valence-electron chi connectivity index (χ0n) is 14.5. The number of hydrogen-bond donors (Lipinski definition) is 0. The molecule has 132 valence electrons. The van der Waals surface area contributed by atoms with Crippen LogP contribution < -0.4 is 0 Å². The molecule has 1 fully saturated rings. The van der Waals surface area contributed by atoms with E-state index in [1.54, 1.807) is 6.92 Å². The summed E-state index contributed by atoms with van der Waals surface area (Å²) in [5, 5.41) is -0.296. The molecule has 1 aliphatic carbocycles. The molecule has 0 N–H and O–H groups in total. The molecular weight excluding hydrogens is 324 g/mol. The Morgan fingerprint density at radius 1 is 1.12 bits per heavy atom. The fraction of sp³-hybridized carbons (Fsp3) is 0.579. The summed E-state index contributed by atoms with van der Waals surface area (Å²) >= 11 is 1.16. The van der Waals surface area contributed by atoms with Crippen LogP contribution in [0.2, 0.25) is 0 Å². The van der Waals surface area contributed by atoms with Gasteiger partial charge in [-0.15, -0.1) is 0 Å². The van der Waals surface area contributed by atoms with Gasteiger partial charge in [-0.25, -0.2) is 9.59 Å². The number of esters is 1. The molecule has 0 aliphatic heterocycles. The lowest BCUT2D eigenvalue weighted by molar-refractivity contribution is 0.0229. The number of hydrogen-bond acceptors (Lipinski definition) is 5. The Hall–Kier alpha value is -1.49. The molecule has 1 aromatic rings. The fourth-order valence-corrected chi connectivity index (χ4v) is 3.97. The van der Waals surface area contributed by atoms with Gasteiger partial charge in [0.1, 0.15) is 6.10 Å². The van der Waals surface area contributed by atoms with E-state index in [1.165, 1.54) is 5.56 Å². The average molecular weight is 350 g/mol. The van der Waals surface area contributed by atoms with Crippen LogP contribution >= 0.6 is 11.8 Å². The Morgan fingerprint density at radius 2 is 1.83 bits per heavy atom. The van der Waals surface area contributed by atoms with Crippen molar-refractivity contribution in [1.82, 2.24) is 0 Å². The van der Waals surface area contributed by atoms with Gasteiger partial charge in [-0.1, -0.05) is 31.9 Å². The summed E-state index contributed by atoms with van der Waals surface area (Å²) in [4.78, 5) is 24.1. The Labute approximate surface area is 148 Å². The molecule has 1 saturated carbocycles. The highest BCUT2D eigenvalue weighted by atomic mass is 32.2. The minimum Gasteiger partial charge on any atom is -0.458 e. The molecule has 0 radical (unpaired) electrons. The number of benzene rings is 1. The van der Waals surface area contributed by atoms with Gasteiger partial charge in [0.2, 0.25) is 0 Å². The molecule has 2 atom stereocenters. The molecule has 0 heterocycles. The van der Waals surface area contributed by atoms with Crippen molar-refractivity contribution in [3.63, 3.8) is 0 Å². The van der Waals surface area contributed by atoms with E-state index in [1.807, 2.05) is 24.3 Å². The van der Waals surface area contributed by atoms with Crippen molar-refractivity contribution >= 4 is 23.0 Å². The van der Waals surface area contributed by atoms with E-state index in [0.29, 0.717) is 12.2 Å². The first-order chi connectivity index (χ1) is 11.6. The molecule has 2 unspecified atom stereocenters. The summed E-state index contributed by atoms with van der Waals surface area (Å²) < 4.78 is 10.7. The lowest BCUT2D eigenvalue weighted by Gasteiger charge is -2.29. The van der Waals surface area contributed by atoms with E-state index in [0.717, 1.165) is 50.3 Å². The molecule has 0 amide bonds. The monoisotopic (exact) mass is 350 g/mol. The third kappa shape index (κ3) is 5.55. The van der Waals surface area contributed by atoms with Crippen molar-refractivity contribution in [3.8, 4) is 0 Å². The van der Waals surface area contributed by atoms with Gasteiger partial charge in [0.05, 0.1) is 17.4 Å². The minimum atomic E-state index is -0.306. The molecule has 0 saturated heterocycles. The highest BCUT2D eigenvalue weighted by Gasteiger charge is 2.31. The average Bonchev–Trinajstić information content (AvgIpc) is 2.58. The van der Waals surface area contributed by atoms with Crippen molar-refractivity contribution in [3.05, 3.63) is 35.4 Å². The van der Waals surface area contributed by atoms with Crippen LogP contribution in [0.4, 0.5) is 4.79 Å². The fourth-order valence-electron chi connectivity index (χ4n) is 2.91. The zero-order valence-corrected chi connectivity index (χ0v) is 15.3. The first kappa shape index (κ1) is 18.8. The molecule has 0 spiro atoms. The smallest absolute Gasteiger partial charge is 0.367 e. The van der Waals surface area contributed by atoms with Crippen molar-refractivity contribution in [2.75, 3.05) is 6.61 Å². The maximum Gasteiger partial charge on any atom is 0.367 e. The number of carbonyl (C=O) groups excluding carboxylic acids is 2. The van der Waals surface area contributed by atoms with E-state index in [-0.39, 0.29) is 22.6 Å². The van der Waals surface area contributed by atoms with Crippen LogP contribution in [0.1, 0.15) is 61.9 Å². The Bertz CT molecular complexity index is 541. The lowest BCUT2D eigenvalue weighted by Crippen LogP contribution is -2.33. The van der Waals surface area contributed by atoms with E-state index < -0.39 is 0 Å².